The highest BCUT2D eigenvalue weighted by Gasteiger charge is 2.27. The van der Waals surface area contributed by atoms with Crippen LogP contribution in [0.5, 0.6) is 0 Å². The number of carbonyl (C=O) groups excluding carboxylic acids is 2. The van der Waals surface area contributed by atoms with Gasteiger partial charge in [-0.2, -0.15) is 0 Å². The van der Waals surface area contributed by atoms with Gasteiger partial charge in [-0.05, 0) is 102 Å². The van der Waals surface area contributed by atoms with E-state index in [9.17, 15) is 19.0 Å². The summed E-state index contributed by atoms with van der Waals surface area (Å²) in [4.78, 5) is 40.3. The molecule has 3 atom stereocenters. The second-order valence-electron chi connectivity index (χ2n) is 27.5. The average molecular weight is 1290 g/mol. The topological polar surface area (TPSA) is 114 Å². The second-order valence-corrected chi connectivity index (χ2v) is 28.9. The lowest BCUT2D eigenvalue weighted by Gasteiger charge is -2.30. The first-order valence-corrected chi connectivity index (χ1v) is 40.4. The maximum Gasteiger partial charge on any atom is 0.306 e. The number of unbranched alkanes of at least 4 members (excludes halogenated alkanes) is 43. The van der Waals surface area contributed by atoms with Gasteiger partial charge in [-0.25, -0.2) is 0 Å². The zero-order valence-electron chi connectivity index (χ0n) is 60.8. The van der Waals surface area contributed by atoms with Gasteiger partial charge in [0.2, 0.25) is 5.91 Å². The molecule has 1 N–H and O–H groups in total. The number of hydrogen-bond acceptors (Lipinski definition) is 7. The van der Waals surface area contributed by atoms with Gasteiger partial charge < -0.3 is 28.5 Å². The number of quaternary nitrogens is 1. The van der Waals surface area contributed by atoms with Gasteiger partial charge in [-0.1, -0.05) is 337 Å². The number of phosphoric acid groups is 1. The number of nitrogens with one attached hydrogen (secondary N) is 1. The molecule has 0 fully saturated rings. The standard InChI is InChI=1S/C81H149N2O7P/c1-7-10-13-16-19-22-25-28-30-32-34-36-38-40-41-43-44-46-48-50-52-55-58-61-64-67-70-73-80(84)82-78(77-89-91(86,87)88-76-75-83(4,5)6)79(72-69-66-63-60-57-54-27-24-21-18-15-12-9-3)90-81(85)74-71-68-65-62-59-56-53-51-49-47-45-42-39-37-35-33-31-29-26-23-20-17-14-11-8-2/h11,14,20,23,28-31,35,37,42,45,69,72,78-79H,7-10,12-13,15-19,21-22,24-27,32-34,36,38-41,43-44,46-68,70-71,73-77H2,1-6H3,(H-,82,84,86,87)/b14-11-,23-20-,30-28+,31-29-,37-35-,45-42-,72-69+. The van der Waals surface area contributed by atoms with Gasteiger partial charge in [0.1, 0.15) is 19.3 Å². The van der Waals surface area contributed by atoms with Crippen LogP contribution in [0.1, 0.15) is 367 Å². The molecule has 0 aliphatic rings. The van der Waals surface area contributed by atoms with Crippen molar-refractivity contribution in [3.05, 3.63) is 85.1 Å². The molecule has 91 heavy (non-hydrogen) atoms. The molecule has 10 heteroatoms. The number of nitrogens with zero attached hydrogens (tertiary/aromatic N) is 1. The van der Waals surface area contributed by atoms with Gasteiger partial charge in [0.05, 0.1) is 33.8 Å². The first kappa shape index (κ1) is 88.2. The van der Waals surface area contributed by atoms with Gasteiger partial charge in [-0.15, -0.1) is 0 Å². The van der Waals surface area contributed by atoms with Crippen molar-refractivity contribution in [1.29, 1.82) is 0 Å². The number of esters is 1. The van der Waals surface area contributed by atoms with Crippen LogP contribution in [0.15, 0.2) is 85.1 Å². The Hall–Kier alpha value is -2.81. The molecule has 0 aromatic rings. The van der Waals surface area contributed by atoms with Crippen molar-refractivity contribution in [3.8, 4) is 0 Å². The molecule has 3 unspecified atom stereocenters. The number of hydrogen-bond donors (Lipinski definition) is 1. The number of carbonyl (C=O) groups is 2. The SMILES string of the molecule is CC/C=C\C/C=C\C/C=C\C/C=C\C/C=C\CCCCCCCCCCCC(=O)OC(/C=C/CCCCCCCCCCCCC)C(COP(=O)([O-])OCC[N+](C)(C)C)NC(=O)CCCCCCCCCCCCCCCCCCC/C=C/CCCCCCCC. The summed E-state index contributed by atoms with van der Waals surface area (Å²) in [5.74, 6) is -0.535. The zero-order chi connectivity index (χ0) is 66.3. The van der Waals surface area contributed by atoms with Crippen LogP contribution < -0.4 is 10.2 Å². The molecule has 530 valence electrons. The first-order valence-electron chi connectivity index (χ1n) is 38.9. The fraction of sp³-hybridized carbons (Fsp3) is 0.802. The van der Waals surface area contributed by atoms with Crippen molar-refractivity contribution in [1.82, 2.24) is 5.32 Å². The molecule has 0 bridgehead atoms. The van der Waals surface area contributed by atoms with Crippen LogP contribution in [0, 0.1) is 0 Å². The van der Waals surface area contributed by atoms with E-state index in [2.05, 4.69) is 99.0 Å². The van der Waals surface area contributed by atoms with E-state index >= 15 is 0 Å². The van der Waals surface area contributed by atoms with Gasteiger partial charge in [0, 0.05) is 12.8 Å². The summed E-state index contributed by atoms with van der Waals surface area (Å²) in [7, 11) is 1.19. The van der Waals surface area contributed by atoms with Crippen LogP contribution in [0.2, 0.25) is 0 Å². The first-order chi connectivity index (χ1) is 44.4. The molecule has 0 aliphatic heterocycles. The smallest absolute Gasteiger partial charge is 0.306 e. The fourth-order valence-corrected chi connectivity index (χ4v) is 12.1. The van der Waals surface area contributed by atoms with E-state index < -0.39 is 26.6 Å². The molecule has 0 radical (unpaired) electrons. The third kappa shape index (κ3) is 71.3. The molecule has 0 aromatic carbocycles. The molecule has 0 aliphatic carbocycles. The normalized spacial score (nSPS) is 13.9. The molecule has 0 spiro atoms. The van der Waals surface area contributed by atoms with Crippen molar-refractivity contribution >= 4 is 19.7 Å². The van der Waals surface area contributed by atoms with Crippen molar-refractivity contribution in [2.45, 2.75) is 380 Å². The van der Waals surface area contributed by atoms with Gasteiger partial charge in [0.25, 0.3) is 7.82 Å². The Morgan fingerprint density at radius 3 is 1.07 bits per heavy atom. The van der Waals surface area contributed by atoms with E-state index in [-0.39, 0.29) is 24.9 Å². The lowest BCUT2D eigenvalue weighted by Crippen LogP contribution is -2.47. The Labute approximate surface area is 565 Å². The molecule has 0 saturated heterocycles. The molecular formula is C81H149N2O7P. The van der Waals surface area contributed by atoms with E-state index in [1.54, 1.807) is 0 Å². The summed E-state index contributed by atoms with van der Waals surface area (Å²) in [6, 6.07) is -0.895. The molecule has 1 amide bonds. The highest BCUT2D eigenvalue weighted by molar-refractivity contribution is 7.45. The largest absolute Gasteiger partial charge is 0.756 e. The summed E-state index contributed by atoms with van der Waals surface area (Å²) < 4.78 is 30.5. The maximum absolute atomic E-state index is 13.7. The van der Waals surface area contributed by atoms with Gasteiger partial charge in [0.15, 0.2) is 0 Å². The van der Waals surface area contributed by atoms with Crippen molar-refractivity contribution in [2.75, 3.05) is 40.9 Å². The Morgan fingerprint density at radius 2 is 0.703 bits per heavy atom. The Bertz CT molecular complexity index is 1830. The molecule has 0 rings (SSSR count). The minimum absolute atomic E-state index is 0.0244. The maximum atomic E-state index is 13.7. The number of likely N-dealkylation sites (N-methyl/N-ethyl adjacent to an activating group) is 1. The Balaban J connectivity index is 4.99. The van der Waals surface area contributed by atoms with E-state index in [0.29, 0.717) is 17.4 Å². The van der Waals surface area contributed by atoms with Crippen LogP contribution >= 0.6 is 7.82 Å². The van der Waals surface area contributed by atoms with Crippen molar-refractivity contribution in [2.24, 2.45) is 0 Å². The fourth-order valence-electron chi connectivity index (χ4n) is 11.4. The van der Waals surface area contributed by atoms with E-state index in [0.717, 1.165) is 103 Å². The number of ether oxygens (including phenoxy) is 1. The Morgan fingerprint density at radius 1 is 0.396 bits per heavy atom. The van der Waals surface area contributed by atoms with E-state index in [1.807, 2.05) is 33.3 Å². The minimum atomic E-state index is -4.71. The van der Waals surface area contributed by atoms with Crippen LogP contribution in [0.25, 0.3) is 0 Å². The summed E-state index contributed by atoms with van der Waals surface area (Å²) in [5.41, 5.74) is 0. The molecule has 0 aromatic heterocycles. The zero-order valence-corrected chi connectivity index (χ0v) is 61.7. The molecule has 0 heterocycles. The summed E-state index contributed by atoms with van der Waals surface area (Å²) in [6.45, 7) is 6.77. The van der Waals surface area contributed by atoms with E-state index in [4.69, 9.17) is 13.8 Å². The Kier molecular flexibility index (Phi) is 67.8. The van der Waals surface area contributed by atoms with Gasteiger partial charge in [-0.3, -0.25) is 14.2 Å². The molecular weight excluding hydrogens is 1140 g/mol. The summed E-state index contributed by atoms with van der Waals surface area (Å²) in [6.07, 6.45) is 94.3. The van der Waals surface area contributed by atoms with E-state index in [1.165, 1.54) is 231 Å². The third-order valence-corrected chi connectivity index (χ3v) is 18.3. The van der Waals surface area contributed by atoms with Crippen LogP contribution in [-0.2, 0) is 27.9 Å². The number of phosphoric ester groups is 1. The quantitative estimate of drug-likeness (QED) is 0.0212. The lowest BCUT2D eigenvalue weighted by molar-refractivity contribution is -0.870. The number of allylic oxidation sites excluding steroid dienone is 13. The third-order valence-electron chi connectivity index (χ3n) is 17.3. The highest BCUT2D eigenvalue weighted by Crippen LogP contribution is 2.38. The molecule has 9 nitrogen and oxygen atoms in total. The predicted octanol–water partition coefficient (Wildman–Crippen LogP) is 24.6. The molecule has 0 saturated carbocycles. The minimum Gasteiger partial charge on any atom is -0.756 e. The second kappa shape index (κ2) is 70.0. The van der Waals surface area contributed by atoms with Crippen molar-refractivity contribution < 1.29 is 37.3 Å². The predicted molar refractivity (Wildman–Crippen MR) is 395 cm³/mol. The van der Waals surface area contributed by atoms with Crippen LogP contribution in [0.4, 0.5) is 0 Å². The van der Waals surface area contributed by atoms with Crippen LogP contribution in [-0.4, -0.2) is 69.4 Å². The summed E-state index contributed by atoms with van der Waals surface area (Å²) in [5, 5.41) is 3.06. The van der Waals surface area contributed by atoms with Crippen molar-refractivity contribution in [3.63, 3.8) is 0 Å². The van der Waals surface area contributed by atoms with Crippen LogP contribution in [0.3, 0.4) is 0 Å². The average Bonchev–Trinajstić information content (AvgIpc) is 3.70. The highest BCUT2D eigenvalue weighted by atomic mass is 31.2. The number of amides is 1. The number of rotatable bonds is 71. The lowest BCUT2D eigenvalue weighted by atomic mass is 10.0. The van der Waals surface area contributed by atoms with Gasteiger partial charge >= 0.3 is 5.97 Å². The summed E-state index contributed by atoms with van der Waals surface area (Å²) >= 11 is 0. The monoisotopic (exact) mass is 1290 g/mol.